The normalized spacial score (nSPS) is 16.1. The van der Waals surface area contributed by atoms with Crippen LogP contribution in [0.1, 0.15) is 0 Å². The molecule has 2 N–H and O–H groups in total. The van der Waals surface area contributed by atoms with Gasteiger partial charge in [0.25, 0.3) is 0 Å². The maximum Gasteiger partial charge on any atom is 0.402 e. The fourth-order valence-corrected chi connectivity index (χ4v) is 0.134. The van der Waals surface area contributed by atoms with E-state index in [-0.39, 0.29) is 0 Å². The largest absolute Gasteiger partial charge is 0.402 e. The Bertz CT molecular complexity index is 71.4. The summed E-state index contributed by atoms with van der Waals surface area (Å²) in [5, 5.41) is 0. The molecule has 1 nitrogen and oxygen atoms in total. The van der Waals surface area contributed by atoms with Gasteiger partial charge >= 0.3 is 6.18 Å². The van der Waals surface area contributed by atoms with Crippen molar-refractivity contribution in [2.75, 3.05) is 6.54 Å². The molecule has 8 heavy (non-hydrogen) atoms. The molecule has 0 aliphatic heterocycles. The molecule has 0 rings (SSSR count). The van der Waals surface area contributed by atoms with Gasteiger partial charge in [-0.2, -0.15) is 13.2 Å². The van der Waals surface area contributed by atoms with E-state index in [2.05, 4.69) is 15.9 Å². The van der Waals surface area contributed by atoms with Crippen LogP contribution in [0.4, 0.5) is 13.2 Å². The van der Waals surface area contributed by atoms with E-state index in [0.29, 0.717) is 0 Å². The first-order chi connectivity index (χ1) is 3.48. The summed E-state index contributed by atoms with van der Waals surface area (Å²) in [6, 6.07) is 0. The maximum absolute atomic E-state index is 11.3. The lowest BCUT2D eigenvalue weighted by Crippen LogP contribution is -2.30. The number of hydrogen-bond acceptors (Lipinski definition) is 1. The lowest BCUT2D eigenvalue weighted by molar-refractivity contribution is -0.125. The summed E-state index contributed by atoms with van der Waals surface area (Å²) in [4.78, 5) is -1.56. The third-order valence-corrected chi connectivity index (χ3v) is 1.46. The molecule has 1 atom stereocenters. The minimum absolute atomic E-state index is 0.413. The molecule has 0 aliphatic rings. The number of nitrogens with two attached hydrogens (primary N) is 1. The Morgan fingerprint density at radius 3 is 1.88 bits per heavy atom. The van der Waals surface area contributed by atoms with Crippen molar-refractivity contribution in [1.82, 2.24) is 0 Å². The molecule has 0 bridgehead atoms. The number of halogens is 4. The minimum atomic E-state index is -4.20. The van der Waals surface area contributed by atoms with Gasteiger partial charge in [0.15, 0.2) is 0 Å². The van der Waals surface area contributed by atoms with Gasteiger partial charge in [0.1, 0.15) is 4.83 Å². The molecule has 0 saturated carbocycles. The van der Waals surface area contributed by atoms with Gasteiger partial charge in [0.2, 0.25) is 0 Å². The summed E-state index contributed by atoms with van der Waals surface area (Å²) < 4.78 is 34.0. The second-order valence-corrected chi connectivity index (χ2v) is 2.35. The van der Waals surface area contributed by atoms with Crippen LogP contribution in [0.2, 0.25) is 0 Å². The highest BCUT2D eigenvalue weighted by atomic mass is 79.9. The van der Waals surface area contributed by atoms with Crippen molar-refractivity contribution in [3.63, 3.8) is 0 Å². The fourth-order valence-electron chi connectivity index (χ4n) is 0.134. The molecular formula is C3H5BrF3N. The quantitative estimate of drug-likeness (QED) is 0.622. The summed E-state index contributed by atoms with van der Waals surface area (Å²) in [5.41, 5.74) is 4.69. The van der Waals surface area contributed by atoms with E-state index in [1.165, 1.54) is 0 Å². The van der Waals surface area contributed by atoms with Crippen molar-refractivity contribution in [2.45, 2.75) is 11.0 Å². The lowest BCUT2D eigenvalue weighted by Gasteiger charge is -2.09. The van der Waals surface area contributed by atoms with E-state index < -0.39 is 17.5 Å². The average Bonchev–Trinajstić information content (AvgIpc) is 1.62. The highest BCUT2D eigenvalue weighted by Crippen LogP contribution is 2.24. The molecule has 50 valence electrons. The van der Waals surface area contributed by atoms with E-state index in [1.807, 2.05) is 0 Å². The Labute approximate surface area is 53.2 Å². The maximum atomic E-state index is 11.3. The topological polar surface area (TPSA) is 26.0 Å². The summed E-state index contributed by atoms with van der Waals surface area (Å²) in [7, 11) is 0. The van der Waals surface area contributed by atoms with Crippen LogP contribution in [0.25, 0.3) is 0 Å². The Morgan fingerprint density at radius 2 is 1.88 bits per heavy atom. The number of hydrogen-bond donors (Lipinski definition) is 1. The highest BCUT2D eigenvalue weighted by molar-refractivity contribution is 9.09. The van der Waals surface area contributed by atoms with E-state index in [4.69, 9.17) is 5.73 Å². The summed E-state index contributed by atoms with van der Waals surface area (Å²) in [6.45, 7) is -0.413. The number of alkyl halides is 4. The van der Waals surface area contributed by atoms with Crippen LogP contribution in [0.15, 0.2) is 0 Å². The van der Waals surface area contributed by atoms with Gasteiger partial charge in [0, 0.05) is 6.54 Å². The summed E-state index contributed by atoms with van der Waals surface area (Å²) in [6.07, 6.45) is -4.20. The number of rotatable bonds is 1. The van der Waals surface area contributed by atoms with E-state index in [9.17, 15) is 13.2 Å². The highest BCUT2D eigenvalue weighted by Gasteiger charge is 2.36. The van der Waals surface area contributed by atoms with E-state index in [1.54, 1.807) is 0 Å². The minimum Gasteiger partial charge on any atom is -0.329 e. The van der Waals surface area contributed by atoms with Crippen molar-refractivity contribution < 1.29 is 13.2 Å². The molecule has 0 aromatic rings. The molecule has 1 unspecified atom stereocenters. The van der Waals surface area contributed by atoms with Crippen molar-refractivity contribution in [3.8, 4) is 0 Å². The first-order valence-corrected chi connectivity index (χ1v) is 2.81. The Morgan fingerprint density at radius 1 is 1.50 bits per heavy atom. The lowest BCUT2D eigenvalue weighted by atomic mass is 10.4. The third kappa shape index (κ3) is 2.52. The van der Waals surface area contributed by atoms with Gasteiger partial charge in [-0.25, -0.2) is 0 Å². The van der Waals surface area contributed by atoms with Crippen LogP contribution in [-0.4, -0.2) is 17.5 Å². The molecule has 0 fully saturated rings. The molecule has 0 amide bonds. The molecule has 5 heteroatoms. The molecule has 0 saturated heterocycles. The first kappa shape index (κ1) is 8.23. The molecular weight excluding hydrogens is 187 g/mol. The summed E-state index contributed by atoms with van der Waals surface area (Å²) in [5.74, 6) is 0. The summed E-state index contributed by atoms with van der Waals surface area (Å²) >= 11 is 2.35. The smallest absolute Gasteiger partial charge is 0.329 e. The zero-order valence-electron chi connectivity index (χ0n) is 3.87. The third-order valence-electron chi connectivity index (χ3n) is 0.562. The monoisotopic (exact) mass is 191 g/mol. The average molecular weight is 192 g/mol. The van der Waals surface area contributed by atoms with Gasteiger partial charge in [-0.3, -0.25) is 0 Å². The van der Waals surface area contributed by atoms with Crippen molar-refractivity contribution in [1.29, 1.82) is 0 Å². The molecule has 0 radical (unpaired) electrons. The molecule has 0 aromatic heterocycles. The van der Waals surface area contributed by atoms with Crippen molar-refractivity contribution >= 4 is 15.9 Å². The first-order valence-electron chi connectivity index (χ1n) is 1.89. The molecule has 0 aromatic carbocycles. The second-order valence-electron chi connectivity index (χ2n) is 1.24. The SMILES string of the molecule is NCC(Br)C(F)(F)F. The van der Waals surface area contributed by atoms with Crippen LogP contribution in [-0.2, 0) is 0 Å². The molecule has 0 heterocycles. The van der Waals surface area contributed by atoms with E-state index >= 15 is 0 Å². The van der Waals surface area contributed by atoms with Crippen LogP contribution in [0.5, 0.6) is 0 Å². The van der Waals surface area contributed by atoms with Gasteiger partial charge in [0.05, 0.1) is 0 Å². The zero-order chi connectivity index (χ0) is 6.78. The van der Waals surface area contributed by atoms with Crippen LogP contribution >= 0.6 is 15.9 Å². The predicted molar refractivity (Wildman–Crippen MR) is 27.8 cm³/mol. The van der Waals surface area contributed by atoms with E-state index in [0.717, 1.165) is 0 Å². The Hall–Kier alpha value is 0.230. The molecule has 0 aliphatic carbocycles. The van der Waals surface area contributed by atoms with Gasteiger partial charge in [-0.05, 0) is 0 Å². The zero-order valence-corrected chi connectivity index (χ0v) is 5.46. The van der Waals surface area contributed by atoms with Gasteiger partial charge in [-0.1, -0.05) is 15.9 Å². The van der Waals surface area contributed by atoms with Gasteiger partial charge < -0.3 is 5.73 Å². The van der Waals surface area contributed by atoms with Crippen LogP contribution in [0, 0.1) is 0 Å². The second kappa shape index (κ2) is 2.68. The van der Waals surface area contributed by atoms with Crippen molar-refractivity contribution in [2.24, 2.45) is 5.73 Å². The standard InChI is InChI=1S/C3H5BrF3N/c4-2(1-8)3(5,6)7/h2H,1,8H2. The van der Waals surface area contributed by atoms with Crippen LogP contribution < -0.4 is 5.73 Å². The van der Waals surface area contributed by atoms with Crippen molar-refractivity contribution in [3.05, 3.63) is 0 Å². The Balaban J connectivity index is 3.62. The van der Waals surface area contributed by atoms with Crippen LogP contribution in [0.3, 0.4) is 0 Å². The molecule has 0 spiro atoms. The predicted octanol–water partition coefficient (Wildman–Crippen LogP) is 1.27. The van der Waals surface area contributed by atoms with Gasteiger partial charge in [-0.15, -0.1) is 0 Å². The Kier molecular flexibility index (Phi) is 2.76. The fraction of sp³-hybridized carbons (Fsp3) is 1.00.